The van der Waals surface area contributed by atoms with Gasteiger partial charge < -0.3 is 10.3 Å². The van der Waals surface area contributed by atoms with E-state index in [1.165, 1.54) is 6.07 Å². The van der Waals surface area contributed by atoms with Crippen molar-refractivity contribution < 1.29 is 4.79 Å². The van der Waals surface area contributed by atoms with Gasteiger partial charge in [-0.25, -0.2) is 0 Å². The number of benzene rings is 1. The average Bonchev–Trinajstić information content (AvgIpc) is 3.06. The zero-order valence-electron chi connectivity index (χ0n) is 13.3. The van der Waals surface area contributed by atoms with Crippen LogP contribution in [0.4, 0.5) is 0 Å². The summed E-state index contributed by atoms with van der Waals surface area (Å²) in [5.74, 6) is -0.381. The van der Waals surface area contributed by atoms with Gasteiger partial charge in [-0.05, 0) is 36.2 Å². The molecule has 0 bridgehead atoms. The van der Waals surface area contributed by atoms with Crippen molar-refractivity contribution in [2.45, 2.75) is 20.0 Å². The highest BCUT2D eigenvalue weighted by Gasteiger charge is 2.10. The smallest absolute Gasteiger partial charge is 0.260 e. The fraction of sp³-hybridized carbons (Fsp3) is 0.167. The normalized spacial score (nSPS) is 10.5. The Kier molecular flexibility index (Phi) is 4.56. The quantitative estimate of drug-likeness (QED) is 0.752. The summed E-state index contributed by atoms with van der Waals surface area (Å²) in [7, 11) is 0. The van der Waals surface area contributed by atoms with Gasteiger partial charge in [0.15, 0.2) is 0 Å². The van der Waals surface area contributed by atoms with Crippen molar-refractivity contribution in [2.24, 2.45) is 0 Å². The molecule has 24 heavy (non-hydrogen) atoms. The SMILES string of the molecule is Cc1ccc(C(=O)NCc2cccc(Cn3cccn3)c2)c(=O)[nH]1. The molecule has 0 unspecified atom stereocenters. The number of amides is 1. The van der Waals surface area contributed by atoms with Gasteiger partial charge in [0.05, 0.1) is 6.54 Å². The highest BCUT2D eigenvalue weighted by molar-refractivity contribution is 5.93. The van der Waals surface area contributed by atoms with E-state index in [1.807, 2.05) is 41.2 Å². The maximum Gasteiger partial charge on any atom is 0.260 e. The highest BCUT2D eigenvalue weighted by Crippen LogP contribution is 2.07. The number of nitrogens with zero attached hydrogens (tertiary/aromatic N) is 2. The van der Waals surface area contributed by atoms with E-state index in [0.717, 1.165) is 16.8 Å². The van der Waals surface area contributed by atoms with Gasteiger partial charge in [0.2, 0.25) is 0 Å². The van der Waals surface area contributed by atoms with E-state index in [2.05, 4.69) is 15.4 Å². The van der Waals surface area contributed by atoms with Crippen molar-refractivity contribution >= 4 is 5.91 Å². The van der Waals surface area contributed by atoms with Gasteiger partial charge in [-0.15, -0.1) is 0 Å². The summed E-state index contributed by atoms with van der Waals surface area (Å²) >= 11 is 0. The maximum atomic E-state index is 12.1. The predicted molar refractivity (Wildman–Crippen MR) is 90.7 cm³/mol. The number of rotatable bonds is 5. The van der Waals surface area contributed by atoms with Crippen LogP contribution in [0.15, 0.2) is 59.7 Å². The van der Waals surface area contributed by atoms with Gasteiger partial charge in [-0.3, -0.25) is 14.3 Å². The fourth-order valence-electron chi connectivity index (χ4n) is 2.45. The lowest BCUT2D eigenvalue weighted by Gasteiger charge is -2.08. The van der Waals surface area contributed by atoms with E-state index < -0.39 is 0 Å². The summed E-state index contributed by atoms with van der Waals surface area (Å²) in [6.07, 6.45) is 3.64. The van der Waals surface area contributed by atoms with Crippen LogP contribution in [0.3, 0.4) is 0 Å². The second-order valence-corrected chi connectivity index (χ2v) is 5.59. The first-order chi connectivity index (χ1) is 11.6. The summed E-state index contributed by atoms with van der Waals surface area (Å²) < 4.78 is 1.84. The zero-order valence-corrected chi connectivity index (χ0v) is 13.3. The minimum Gasteiger partial charge on any atom is -0.348 e. The van der Waals surface area contributed by atoms with Crippen LogP contribution in [0.2, 0.25) is 0 Å². The molecule has 0 radical (unpaired) electrons. The number of aryl methyl sites for hydroxylation is 1. The van der Waals surface area contributed by atoms with Crippen LogP contribution in [0.1, 0.15) is 27.2 Å². The van der Waals surface area contributed by atoms with E-state index in [9.17, 15) is 9.59 Å². The third-order valence-electron chi connectivity index (χ3n) is 3.65. The number of hydrogen-bond acceptors (Lipinski definition) is 3. The number of carbonyl (C=O) groups excluding carboxylic acids is 1. The largest absolute Gasteiger partial charge is 0.348 e. The molecule has 0 atom stereocenters. The molecule has 122 valence electrons. The van der Waals surface area contributed by atoms with Crippen LogP contribution in [0.25, 0.3) is 0 Å². The van der Waals surface area contributed by atoms with Crippen LogP contribution in [-0.4, -0.2) is 20.7 Å². The second kappa shape index (κ2) is 6.95. The molecule has 6 nitrogen and oxygen atoms in total. The van der Waals surface area contributed by atoms with Gasteiger partial charge in [-0.1, -0.05) is 24.3 Å². The molecule has 2 heterocycles. The third-order valence-corrected chi connectivity index (χ3v) is 3.65. The molecule has 0 saturated carbocycles. The summed E-state index contributed by atoms with van der Waals surface area (Å²) in [6, 6.07) is 13.0. The number of aromatic nitrogens is 3. The molecule has 0 spiro atoms. The van der Waals surface area contributed by atoms with Crippen molar-refractivity contribution in [1.29, 1.82) is 0 Å². The van der Waals surface area contributed by atoms with Gasteiger partial charge in [-0.2, -0.15) is 5.10 Å². The molecule has 6 heteroatoms. The predicted octanol–water partition coefficient (Wildman–Crippen LogP) is 1.86. The topological polar surface area (TPSA) is 79.8 Å². The van der Waals surface area contributed by atoms with Gasteiger partial charge in [0, 0.05) is 24.6 Å². The number of carbonyl (C=O) groups is 1. The molecule has 0 aliphatic rings. The molecule has 1 amide bonds. The second-order valence-electron chi connectivity index (χ2n) is 5.59. The summed E-state index contributed by atoms with van der Waals surface area (Å²) in [6.45, 7) is 2.81. The average molecular weight is 322 g/mol. The first-order valence-corrected chi connectivity index (χ1v) is 7.65. The fourth-order valence-corrected chi connectivity index (χ4v) is 2.45. The van der Waals surface area contributed by atoms with Crippen LogP contribution in [-0.2, 0) is 13.1 Å². The summed E-state index contributed by atoms with van der Waals surface area (Å²) in [5, 5.41) is 6.96. The Balaban J connectivity index is 1.66. The van der Waals surface area contributed by atoms with Gasteiger partial charge in [0.1, 0.15) is 5.56 Å². The Morgan fingerprint density at radius 3 is 2.79 bits per heavy atom. The summed E-state index contributed by atoms with van der Waals surface area (Å²) in [5.41, 5.74) is 2.53. The molecule has 0 aliphatic heterocycles. The first-order valence-electron chi connectivity index (χ1n) is 7.65. The van der Waals surface area contributed by atoms with E-state index in [-0.39, 0.29) is 17.0 Å². The monoisotopic (exact) mass is 322 g/mol. The lowest BCUT2D eigenvalue weighted by molar-refractivity contribution is 0.0949. The first kappa shape index (κ1) is 15.7. The Bertz CT molecular complexity index is 897. The van der Waals surface area contributed by atoms with Gasteiger partial charge in [0.25, 0.3) is 11.5 Å². The van der Waals surface area contributed by atoms with Crippen LogP contribution < -0.4 is 10.9 Å². The molecule has 1 aromatic carbocycles. The molecule has 3 aromatic rings. The molecule has 2 N–H and O–H groups in total. The molecular formula is C18H18N4O2. The summed E-state index contributed by atoms with van der Waals surface area (Å²) in [4.78, 5) is 26.6. The number of H-pyrrole nitrogens is 1. The molecule has 0 fully saturated rings. The van der Waals surface area contributed by atoms with E-state index >= 15 is 0 Å². The maximum absolute atomic E-state index is 12.1. The van der Waals surface area contributed by atoms with Crippen molar-refractivity contribution in [3.05, 3.63) is 87.6 Å². The number of aromatic amines is 1. The number of hydrogen-bond donors (Lipinski definition) is 2. The Labute approximate surface area is 139 Å². The van der Waals surface area contributed by atoms with Crippen molar-refractivity contribution in [1.82, 2.24) is 20.1 Å². The van der Waals surface area contributed by atoms with E-state index in [0.29, 0.717) is 13.1 Å². The van der Waals surface area contributed by atoms with Crippen LogP contribution in [0, 0.1) is 6.92 Å². The number of nitrogens with one attached hydrogen (secondary N) is 2. The van der Waals surface area contributed by atoms with E-state index in [1.54, 1.807) is 19.2 Å². The Hall–Kier alpha value is -3.15. The van der Waals surface area contributed by atoms with Gasteiger partial charge >= 0.3 is 0 Å². The van der Waals surface area contributed by atoms with Crippen LogP contribution >= 0.6 is 0 Å². The van der Waals surface area contributed by atoms with Crippen molar-refractivity contribution in [3.8, 4) is 0 Å². The Morgan fingerprint density at radius 2 is 2.04 bits per heavy atom. The molecule has 2 aromatic heterocycles. The lowest BCUT2D eigenvalue weighted by atomic mass is 10.1. The number of pyridine rings is 1. The zero-order chi connectivity index (χ0) is 16.9. The molecule has 3 rings (SSSR count). The molecule has 0 saturated heterocycles. The minimum atomic E-state index is -0.381. The standard InChI is InChI=1S/C18H18N4O2/c1-13-6-7-16(18(24)21-13)17(23)19-11-14-4-2-5-15(10-14)12-22-9-3-8-20-22/h2-10H,11-12H2,1H3,(H,19,23)(H,21,24). The minimum absolute atomic E-state index is 0.119. The van der Waals surface area contributed by atoms with E-state index in [4.69, 9.17) is 0 Å². The molecular weight excluding hydrogens is 304 g/mol. The van der Waals surface area contributed by atoms with Crippen LogP contribution in [0.5, 0.6) is 0 Å². The van der Waals surface area contributed by atoms with Crippen molar-refractivity contribution in [3.63, 3.8) is 0 Å². The van der Waals surface area contributed by atoms with Crippen molar-refractivity contribution in [2.75, 3.05) is 0 Å². The lowest BCUT2D eigenvalue weighted by Crippen LogP contribution is -2.29. The molecule has 0 aliphatic carbocycles. The third kappa shape index (κ3) is 3.78. The Morgan fingerprint density at radius 1 is 1.21 bits per heavy atom. The highest BCUT2D eigenvalue weighted by atomic mass is 16.2.